The first-order valence-corrected chi connectivity index (χ1v) is 24.1. The van der Waals surface area contributed by atoms with Crippen LogP contribution in [0.4, 0.5) is 24.8 Å². The minimum absolute atomic E-state index is 0.0158. The van der Waals surface area contributed by atoms with E-state index in [1.165, 1.54) is 75.5 Å². The number of aliphatic hydroxyl groups is 1. The zero-order valence-electron chi connectivity index (χ0n) is 37.7. The second-order valence-corrected chi connectivity index (χ2v) is 18.9. The Balaban J connectivity index is 0.000000193. The topological polar surface area (TPSA) is 203 Å². The number of hydrogen-bond donors (Lipinski definition) is 1. The Labute approximate surface area is 418 Å². The van der Waals surface area contributed by atoms with Crippen LogP contribution in [0.3, 0.4) is 0 Å². The molecule has 6 aromatic heterocycles. The molecule has 0 fully saturated rings. The quantitative estimate of drug-likeness (QED) is 0.0798. The summed E-state index contributed by atoms with van der Waals surface area (Å²) in [6.45, 7) is 7.54. The maximum Gasteiger partial charge on any atom is 0.406 e. The summed E-state index contributed by atoms with van der Waals surface area (Å²) in [7, 11) is 3.68. The number of hydrogen-bond acceptors (Lipinski definition) is 14. The summed E-state index contributed by atoms with van der Waals surface area (Å²) in [6, 6.07) is 15.5. The predicted octanol–water partition coefficient (Wildman–Crippen LogP) is 11.8. The highest BCUT2D eigenvalue weighted by molar-refractivity contribution is 9.10. The van der Waals surface area contributed by atoms with Gasteiger partial charge in [0.25, 0.3) is 0 Å². The van der Waals surface area contributed by atoms with Crippen LogP contribution in [-0.2, 0) is 39.8 Å². The molecule has 0 saturated heterocycles. The van der Waals surface area contributed by atoms with Gasteiger partial charge in [0.1, 0.15) is 17.7 Å². The first-order valence-electron chi connectivity index (χ1n) is 21.0. The third-order valence-electron chi connectivity index (χ3n) is 10.1. The van der Waals surface area contributed by atoms with Gasteiger partial charge in [0, 0.05) is 89.0 Å². The number of aromatic nitrogens is 8. The smallest absolute Gasteiger partial charge is 0.406 e. The highest BCUT2D eigenvalue weighted by atomic mass is 79.9. The summed E-state index contributed by atoms with van der Waals surface area (Å²) in [4.78, 5) is 29.5. The zero-order valence-corrected chi connectivity index (χ0v) is 42.5. The number of aliphatic hydroxyl groups excluding tert-OH is 1. The van der Waals surface area contributed by atoms with Gasteiger partial charge < -0.3 is 30.1 Å². The third kappa shape index (κ3) is 13.5. The lowest BCUT2D eigenvalue weighted by atomic mass is 9.96. The molecule has 0 aliphatic carbocycles. The summed E-state index contributed by atoms with van der Waals surface area (Å²) in [6.07, 6.45) is 8.01. The van der Waals surface area contributed by atoms with Gasteiger partial charge in [-0.2, -0.15) is 23.3 Å². The first kappa shape index (κ1) is 52.1. The predicted molar refractivity (Wildman–Crippen MR) is 263 cm³/mol. The van der Waals surface area contributed by atoms with Crippen molar-refractivity contribution in [3.63, 3.8) is 0 Å². The monoisotopic (exact) mass is 1110 g/mol. The lowest BCUT2D eigenvalue weighted by molar-refractivity contribution is -0.392. The fourth-order valence-electron chi connectivity index (χ4n) is 7.00. The molecule has 23 heteroatoms. The van der Waals surface area contributed by atoms with E-state index in [-0.39, 0.29) is 11.6 Å². The number of aryl methyl sites for hydroxylation is 4. The Bertz CT molecular complexity index is 3110. The average molecular weight is 1110 g/mol. The molecule has 0 spiro atoms. The molecule has 0 amide bonds. The van der Waals surface area contributed by atoms with Crippen LogP contribution in [0.1, 0.15) is 83.3 Å². The molecule has 16 nitrogen and oxygen atoms in total. The number of pyridine rings is 2. The normalized spacial score (nSPS) is 11.8. The van der Waals surface area contributed by atoms with Crippen molar-refractivity contribution in [3.05, 3.63) is 175 Å². The number of rotatable bonds is 14. The molecule has 2 aromatic carbocycles. The van der Waals surface area contributed by atoms with E-state index in [0.717, 1.165) is 52.7 Å². The molecule has 69 heavy (non-hydrogen) atoms. The number of nitro groups is 2. The van der Waals surface area contributed by atoms with Crippen molar-refractivity contribution in [3.8, 4) is 28.3 Å². The van der Waals surface area contributed by atoms with Crippen molar-refractivity contribution >= 4 is 66.6 Å². The molecule has 0 bridgehead atoms. The zero-order chi connectivity index (χ0) is 50.1. The number of halogens is 5. The highest BCUT2D eigenvalue weighted by Gasteiger charge is 2.25. The molecule has 0 aliphatic heterocycles. The van der Waals surface area contributed by atoms with E-state index in [1.807, 2.05) is 26.5 Å². The number of nitrogens with zero attached hydrogens (tertiary/aromatic N) is 10. The summed E-state index contributed by atoms with van der Waals surface area (Å²) in [5.41, 5.74) is 7.84. The molecule has 0 radical (unpaired) electrons. The van der Waals surface area contributed by atoms with Crippen molar-refractivity contribution < 1.29 is 32.9 Å². The average Bonchev–Trinajstić information content (AvgIpc) is 4.11. The van der Waals surface area contributed by atoms with Gasteiger partial charge in [-0.15, -0.1) is 0 Å². The SMILES string of the molecule is CCc1cc(Cc2cn(C)nc2-c2ccc(F)cc2[C@@H](C)O)ns1.CCc1cc(Cc2cn(C)nc2-c2ccc(F)cc2[C@@H](C)Oc2cc(Br)cnc2[N+](=O)[O-])ns1.O=[N+]([O-])c1ncc(Br)cc1F. The maximum absolute atomic E-state index is 14.3. The van der Waals surface area contributed by atoms with Crippen LogP contribution in [-0.4, -0.2) is 53.2 Å². The number of benzene rings is 2. The molecule has 360 valence electrons. The minimum Gasteiger partial charge on any atom is -0.478 e. The Morgan fingerprint density at radius 2 is 1.17 bits per heavy atom. The second-order valence-electron chi connectivity index (χ2n) is 15.3. The van der Waals surface area contributed by atoms with E-state index in [1.54, 1.807) is 35.3 Å². The van der Waals surface area contributed by atoms with E-state index < -0.39 is 45.3 Å². The Morgan fingerprint density at radius 1 is 0.710 bits per heavy atom. The third-order valence-corrected chi connectivity index (χ3v) is 12.9. The first-order chi connectivity index (χ1) is 32.8. The van der Waals surface area contributed by atoms with Gasteiger partial charge in [0.15, 0.2) is 12.4 Å². The van der Waals surface area contributed by atoms with Gasteiger partial charge in [-0.25, -0.2) is 8.78 Å². The van der Waals surface area contributed by atoms with E-state index in [9.17, 15) is 38.5 Å². The summed E-state index contributed by atoms with van der Waals surface area (Å²) in [5.74, 6) is -2.93. The molecular formula is C46H43Br2F3N10O6S2. The van der Waals surface area contributed by atoms with Gasteiger partial charge in [-0.3, -0.25) is 9.36 Å². The van der Waals surface area contributed by atoms with Crippen LogP contribution in [0.15, 0.2) is 94.4 Å². The Morgan fingerprint density at radius 3 is 1.62 bits per heavy atom. The fourth-order valence-corrected chi connectivity index (χ4v) is 8.96. The summed E-state index contributed by atoms with van der Waals surface area (Å²) >= 11 is 9.18. The highest BCUT2D eigenvalue weighted by Crippen LogP contribution is 2.37. The van der Waals surface area contributed by atoms with Gasteiger partial charge in [0.05, 0.1) is 37.8 Å². The molecule has 2 atom stereocenters. The molecule has 8 rings (SSSR count). The summed E-state index contributed by atoms with van der Waals surface area (Å²) < 4.78 is 59.8. The molecule has 0 unspecified atom stereocenters. The largest absolute Gasteiger partial charge is 0.478 e. The van der Waals surface area contributed by atoms with Crippen molar-refractivity contribution in [2.75, 3.05) is 0 Å². The van der Waals surface area contributed by atoms with Crippen molar-refractivity contribution in [1.82, 2.24) is 38.3 Å². The van der Waals surface area contributed by atoms with Crippen LogP contribution < -0.4 is 4.74 Å². The van der Waals surface area contributed by atoms with Crippen LogP contribution in [0.5, 0.6) is 5.75 Å². The standard InChI is InChI=1S/C23H21BrFN5O3S.C18H20FN3OS.C5H2BrFN2O2/c1-4-18-10-17(28-34-18)7-14-12-29(3)27-22(14)19-6-5-16(25)9-20(19)13(2)33-21-8-15(24)11-26-23(21)30(31)32;1-4-15-9-14(21-24-15)7-12-10-22(3)20-18(12)16-6-5-13(19)8-17(16)11(2)23;6-3-1-4(7)5(8-2-3)9(10)11/h5-6,8-13H,4,7H2,1-3H3;5-6,8-11,23H,4,7H2,1-3H3;1-2H/t13-;11-;/m11./s1. The molecular weight excluding hydrogens is 1070 g/mol. The Kier molecular flexibility index (Phi) is 17.6. The second kappa shape index (κ2) is 23.4. The van der Waals surface area contributed by atoms with E-state index >= 15 is 0 Å². The van der Waals surface area contributed by atoms with Gasteiger partial charge in [-0.1, -0.05) is 13.8 Å². The molecule has 6 heterocycles. The van der Waals surface area contributed by atoms with Crippen LogP contribution >= 0.6 is 54.9 Å². The molecule has 0 aliphatic rings. The summed E-state index contributed by atoms with van der Waals surface area (Å²) in [5, 5.41) is 40.6. The maximum atomic E-state index is 14.3. The van der Waals surface area contributed by atoms with Crippen molar-refractivity contribution in [2.24, 2.45) is 14.1 Å². The van der Waals surface area contributed by atoms with Gasteiger partial charge >= 0.3 is 11.6 Å². The van der Waals surface area contributed by atoms with Crippen LogP contribution in [0.25, 0.3) is 22.5 Å². The molecule has 8 aromatic rings. The van der Waals surface area contributed by atoms with Crippen molar-refractivity contribution in [1.29, 1.82) is 0 Å². The fraction of sp³-hybridized carbons (Fsp3) is 0.261. The lowest BCUT2D eigenvalue weighted by Gasteiger charge is -2.18. The van der Waals surface area contributed by atoms with Crippen LogP contribution in [0, 0.1) is 37.7 Å². The van der Waals surface area contributed by atoms with Gasteiger partial charge in [-0.05, 0) is 156 Å². The van der Waals surface area contributed by atoms with E-state index in [0.29, 0.717) is 44.2 Å². The number of ether oxygens (including phenoxy) is 1. The van der Waals surface area contributed by atoms with E-state index in [4.69, 9.17) is 4.74 Å². The Hall–Kier alpha value is -6.27. The minimum atomic E-state index is -0.940. The van der Waals surface area contributed by atoms with Crippen LogP contribution in [0.2, 0.25) is 0 Å². The van der Waals surface area contributed by atoms with Crippen molar-refractivity contribution in [2.45, 2.75) is 65.6 Å². The lowest BCUT2D eigenvalue weighted by Crippen LogP contribution is -2.08. The molecule has 1 N–H and O–H groups in total. The van der Waals surface area contributed by atoms with E-state index in [2.05, 4.69) is 86.8 Å². The van der Waals surface area contributed by atoms with Gasteiger partial charge in [0.2, 0.25) is 11.6 Å². The molecule has 0 saturated carbocycles.